The average Bonchev–Trinajstić information content (AvgIpc) is 2.17. The zero-order valence-electron chi connectivity index (χ0n) is 8.09. The SMILES string of the molecule is COC(CCl)Cc1ccccc1C. The lowest BCUT2D eigenvalue weighted by Crippen LogP contribution is -2.16. The van der Waals surface area contributed by atoms with E-state index in [1.165, 1.54) is 11.1 Å². The first-order valence-corrected chi connectivity index (χ1v) is 4.94. The van der Waals surface area contributed by atoms with Gasteiger partial charge < -0.3 is 4.74 Å². The zero-order chi connectivity index (χ0) is 9.68. The van der Waals surface area contributed by atoms with Crippen molar-refractivity contribution < 1.29 is 4.74 Å². The third-order valence-electron chi connectivity index (χ3n) is 2.21. The summed E-state index contributed by atoms with van der Waals surface area (Å²) in [6, 6.07) is 8.31. The Morgan fingerprint density at radius 1 is 1.38 bits per heavy atom. The Kier molecular flexibility index (Phi) is 4.26. The highest BCUT2D eigenvalue weighted by atomic mass is 35.5. The molecule has 0 aliphatic carbocycles. The number of ether oxygens (including phenoxy) is 1. The Morgan fingerprint density at radius 3 is 2.62 bits per heavy atom. The predicted octanol–water partition coefficient (Wildman–Crippen LogP) is 2.79. The van der Waals surface area contributed by atoms with Crippen molar-refractivity contribution in [1.82, 2.24) is 0 Å². The number of alkyl halides is 1. The largest absolute Gasteiger partial charge is 0.380 e. The summed E-state index contributed by atoms with van der Waals surface area (Å²) in [4.78, 5) is 0. The van der Waals surface area contributed by atoms with Crippen LogP contribution in [0.3, 0.4) is 0 Å². The minimum Gasteiger partial charge on any atom is -0.380 e. The van der Waals surface area contributed by atoms with Gasteiger partial charge in [0.15, 0.2) is 0 Å². The second kappa shape index (κ2) is 5.25. The first kappa shape index (κ1) is 10.6. The fourth-order valence-electron chi connectivity index (χ4n) is 1.29. The molecule has 0 aliphatic heterocycles. The Balaban J connectivity index is 2.67. The van der Waals surface area contributed by atoms with Gasteiger partial charge in [0, 0.05) is 19.4 Å². The first-order valence-electron chi connectivity index (χ1n) is 4.41. The molecule has 1 aromatic rings. The van der Waals surface area contributed by atoms with Crippen LogP contribution >= 0.6 is 11.6 Å². The molecule has 72 valence electrons. The summed E-state index contributed by atoms with van der Waals surface area (Å²) >= 11 is 5.74. The van der Waals surface area contributed by atoms with Crippen LogP contribution in [0.2, 0.25) is 0 Å². The summed E-state index contributed by atoms with van der Waals surface area (Å²) in [5, 5.41) is 0. The Hall–Kier alpha value is -0.530. The first-order chi connectivity index (χ1) is 6.27. The quantitative estimate of drug-likeness (QED) is 0.677. The van der Waals surface area contributed by atoms with E-state index in [-0.39, 0.29) is 6.10 Å². The summed E-state index contributed by atoms with van der Waals surface area (Å²) in [5.74, 6) is 0.546. The van der Waals surface area contributed by atoms with Crippen molar-refractivity contribution >= 4 is 11.6 Å². The molecule has 0 radical (unpaired) electrons. The van der Waals surface area contributed by atoms with E-state index in [2.05, 4.69) is 19.1 Å². The molecule has 0 saturated carbocycles. The van der Waals surface area contributed by atoms with E-state index in [1.807, 2.05) is 12.1 Å². The smallest absolute Gasteiger partial charge is 0.0746 e. The average molecular weight is 199 g/mol. The molecule has 0 bridgehead atoms. The topological polar surface area (TPSA) is 9.23 Å². The molecule has 2 heteroatoms. The van der Waals surface area contributed by atoms with Gasteiger partial charge >= 0.3 is 0 Å². The maximum Gasteiger partial charge on any atom is 0.0746 e. The van der Waals surface area contributed by atoms with Crippen LogP contribution < -0.4 is 0 Å². The van der Waals surface area contributed by atoms with Crippen LogP contribution in [-0.4, -0.2) is 19.1 Å². The zero-order valence-corrected chi connectivity index (χ0v) is 8.84. The molecule has 1 atom stereocenters. The molecule has 13 heavy (non-hydrogen) atoms. The molecule has 1 aromatic carbocycles. The van der Waals surface area contributed by atoms with E-state index in [4.69, 9.17) is 16.3 Å². The van der Waals surface area contributed by atoms with Gasteiger partial charge in [0.25, 0.3) is 0 Å². The van der Waals surface area contributed by atoms with Gasteiger partial charge in [-0.05, 0) is 18.1 Å². The highest BCUT2D eigenvalue weighted by Gasteiger charge is 2.07. The van der Waals surface area contributed by atoms with E-state index in [9.17, 15) is 0 Å². The summed E-state index contributed by atoms with van der Waals surface area (Å²) in [6.45, 7) is 2.11. The molecule has 0 saturated heterocycles. The number of hydrogen-bond donors (Lipinski definition) is 0. The van der Waals surface area contributed by atoms with Crippen molar-refractivity contribution in [3.63, 3.8) is 0 Å². The number of hydrogen-bond acceptors (Lipinski definition) is 1. The van der Waals surface area contributed by atoms with Crippen LogP contribution in [0, 0.1) is 6.92 Å². The summed E-state index contributed by atoms with van der Waals surface area (Å²) in [5.41, 5.74) is 2.62. The van der Waals surface area contributed by atoms with Crippen molar-refractivity contribution in [1.29, 1.82) is 0 Å². The lowest BCUT2D eigenvalue weighted by molar-refractivity contribution is 0.121. The van der Waals surface area contributed by atoms with Crippen molar-refractivity contribution in [2.45, 2.75) is 19.4 Å². The lowest BCUT2D eigenvalue weighted by atomic mass is 10.0. The van der Waals surface area contributed by atoms with Gasteiger partial charge in [0.2, 0.25) is 0 Å². The molecule has 0 aliphatic rings. The third-order valence-corrected chi connectivity index (χ3v) is 2.56. The molecule has 0 spiro atoms. The molecular weight excluding hydrogens is 184 g/mol. The normalized spacial score (nSPS) is 12.8. The standard InChI is InChI=1S/C11H15ClO/c1-9-5-3-4-6-10(9)7-11(8-12)13-2/h3-6,11H,7-8H2,1-2H3. The van der Waals surface area contributed by atoms with Crippen LogP contribution in [0.15, 0.2) is 24.3 Å². The van der Waals surface area contributed by atoms with Crippen LogP contribution in [0.4, 0.5) is 0 Å². The molecule has 1 rings (SSSR count). The number of methoxy groups -OCH3 is 1. The Morgan fingerprint density at radius 2 is 2.08 bits per heavy atom. The Bertz CT molecular complexity index is 256. The minimum atomic E-state index is 0.128. The molecule has 1 nitrogen and oxygen atoms in total. The fourth-order valence-corrected chi connectivity index (χ4v) is 1.52. The number of aryl methyl sites for hydroxylation is 1. The van der Waals surface area contributed by atoms with Crippen LogP contribution in [0.1, 0.15) is 11.1 Å². The highest BCUT2D eigenvalue weighted by molar-refractivity contribution is 6.18. The number of halogens is 1. The van der Waals surface area contributed by atoms with Crippen LogP contribution in [0.5, 0.6) is 0 Å². The fraction of sp³-hybridized carbons (Fsp3) is 0.455. The van der Waals surface area contributed by atoms with Gasteiger partial charge in [-0.15, -0.1) is 11.6 Å². The highest BCUT2D eigenvalue weighted by Crippen LogP contribution is 2.11. The van der Waals surface area contributed by atoms with Gasteiger partial charge in [-0.2, -0.15) is 0 Å². The summed E-state index contributed by atoms with van der Waals surface area (Å²) < 4.78 is 5.23. The van der Waals surface area contributed by atoms with Crippen molar-refractivity contribution in [2.24, 2.45) is 0 Å². The maximum absolute atomic E-state index is 5.74. The Labute approximate surface area is 84.7 Å². The molecule has 0 N–H and O–H groups in total. The van der Waals surface area contributed by atoms with Gasteiger partial charge in [-0.25, -0.2) is 0 Å². The monoisotopic (exact) mass is 198 g/mol. The number of rotatable bonds is 4. The molecule has 0 aromatic heterocycles. The van der Waals surface area contributed by atoms with E-state index < -0.39 is 0 Å². The van der Waals surface area contributed by atoms with E-state index >= 15 is 0 Å². The van der Waals surface area contributed by atoms with Gasteiger partial charge in [0.1, 0.15) is 0 Å². The van der Waals surface area contributed by atoms with E-state index in [0.717, 1.165) is 6.42 Å². The molecular formula is C11H15ClO. The second-order valence-electron chi connectivity index (χ2n) is 3.14. The van der Waals surface area contributed by atoms with Crippen molar-refractivity contribution in [3.05, 3.63) is 35.4 Å². The predicted molar refractivity (Wildman–Crippen MR) is 56.4 cm³/mol. The van der Waals surface area contributed by atoms with Crippen LogP contribution in [0.25, 0.3) is 0 Å². The lowest BCUT2D eigenvalue weighted by Gasteiger charge is -2.13. The second-order valence-corrected chi connectivity index (χ2v) is 3.45. The number of benzene rings is 1. The van der Waals surface area contributed by atoms with Crippen LogP contribution in [-0.2, 0) is 11.2 Å². The molecule has 0 fully saturated rings. The van der Waals surface area contributed by atoms with Gasteiger partial charge in [-0.3, -0.25) is 0 Å². The van der Waals surface area contributed by atoms with E-state index in [0.29, 0.717) is 5.88 Å². The molecule has 0 amide bonds. The minimum absolute atomic E-state index is 0.128. The summed E-state index contributed by atoms with van der Waals surface area (Å²) in [6.07, 6.45) is 1.02. The van der Waals surface area contributed by atoms with Crippen molar-refractivity contribution in [2.75, 3.05) is 13.0 Å². The molecule has 0 heterocycles. The molecule has 1 unspecified atom stereocenters. The van der Waals surface area contributed by atoms with Crippen molar-refractivity contribution in [3.8, 4) is 0 Å². The van der Waals surface area contributed by atoms with Gasteiger partial charge in [-0.1, -0.05) is 24.3 Å². The van der Waals surface area contributed by atoms with Gasteiger partial charge in [0.05, 0.1) is 6.10 Å². The third kappa shape index (κ3) is 3.02. The summed E-state index contributed by atoms with van der Waals surface area (Å²) in [7, 11) is 1.70. The van der Waals surface area contributed by atoms with E-state index in [1.54, 1.807) is 7.11 Å². The maximum atomic E-state index is 5.74.